The lowest BCUT2D eigenvalue weighted by molar-refractivity contribution is 0.101. The Bertz CT molecular complexity index is 744. The fourth-order valence-electron chi connectivity index (χ4n) is 2.60. The molecule has 3 aromatic rings. The summed E-state index contributed by atoms with van der Waals surface area (Å²) in [6.45, 7) is 0.282. The summed E-state index contributed by atoms with van der Waals surface area (Å²) in [6.07, 6.45) is 4.52. The van der Waals surface area contributed by atoms with Crippen LogP contribution in [0.5, 0.6) is 5.75 Å². The number of ether oxygens (including phenoxy) is 1. The smallest absolute Gasteiger partial charge is 0.127 e. The molecule has 3 nitrogen and oxygen atoms in total. The first-order valence-electron chi connectivity index (χ1n) is 8.17. The molecular weight excluding hydrogens is 298 g/mol. The number of rotatable bonds is 7. The van der Waals surface area contributed by atoms with Crippen molar-refractivity contribution in [1.29, 1.82) is 0 Å². The Kier molecular flexibility index (Phi) is 5.59. The van der Waals surface area contributed by atoms with Crippen molar-refractivity contribution in [3.8, 4) is 16.9 Å². The summed E-state index contributed by atoms with van der Waals surface area (Å²) < 4.78 is 5.88. The first-order valence-corrected chi connectivity index (χ1v) is 8.17. The lowest BCUT2D eigenvalue weighted by atomic mass is 10.0. The summed E-state index contributed by atoms with van der Waals surface area (Å²) >= 11 is 0. The molecule has 0 saturated heterocycles. The second kappa shape index (κ2) is 8.27. The van der Waals surface area contributed by atoms with Crippen LogP contribution in [0.1, 0.15) is 12.0 Å². The van der Waals surface area contributed by atoms with E-state index in [0.29, 0.717) is 6.42 Å². The van der Waals surface area contributed by atoms with Crippen LogP contribution >= 0.6 is 0 Å². The molecule has 0 aliphatic rings. The van der Waals surface area contributed by atoms with Gasteiger partial charge in [-0.25, -0.2) is 0 Å². The SMILES string of the molecule is OC(CCc1cccnc1)COc1ccccc1-c1ccccc1. The zero-order valence-corrected chi connectivity index (χ0v) is 13.5. The van der Waals surface area contributed by atoms with Crippen molar-refractivity contribution in [3.05, 3.63) is 84.7 Å². The second-order valence-corrected chi connectivity index (χ2v) is 5.73. The highest BCUT2D eigenvalue weighted by Gasteiger charge is 2.09. The van der Waals surface area contributed by atoms with Gasteiger partial charge in [0.1, 0.15) is 12.4 Å². The van der Waals surface area contributed by atoms with Crippen molar-refractivity contribution in [3.63, 3.8) is 0 Å². The first kappa shape index (κ1) is 16.2. The molecule has 0 spiro atoms. The van der Waals surface area contributed by atoms with Crippen LogP contribution in [0.25, 0.3) is 11.1 Å². The van der Waals surface area contributed by atoms with Gasteiger partial charge in [0.05, 0.1) is 6.10 Å². The number of para-hydroxylation sites is 1. The number of hydrogen-bond donors (Lipinski definition) is 1. The lowest BCUT2D eigenvalue weighted by Gasteiger charge is -2.15. The molecule has 3 heteroatoms. The molecule has 1 N–H and O–H groups in total. The van der Waals surface area contributed by atoms with Crippen LogP contribution in [0, 0.1) is 0 Å². The fraction of sp³-hybridized carbons (Fsp3) is 0.190. The summed E-state index contributed by atoms with van der Waals surface area (Å²) in [7, 11) is 0. The van der Waals surface area contributed by atoms with Crippen LogP contribution in [0.15, 0.2) is 79.1 Å². The maximum absolute atomic E-state index is 10.2. The van der Waals surface area contributed by atoms with Gasteiger partial charge < -0.3 is 9.84 Å². The second-order valence-electron chi connectivity index (χ2n) is 5.73. The van der Waals surface area contributed by atoms with Crippen LogP contribution in [0.3, 0.4) is 0 Å². The largest absolute Gasteiger partial charge is 0.490 e. The number of pyridine rings is 1. The summed E-state index contributed by atoms with van der Waals surface area (Å²) in [6, 6.07) is 22.0. The van der Waals surface area contributed by atoms with Gasteiger partial charge in [-0.3, -0.25) is 4.98 Å². The number of hydrogen-bond acceptors (Lipinski definition) is 3. The molecule has 122 valence electrons. The van der Waals surface area contributed by atoms with E-state index < -0.39 is 6.10 Å². The molecular formula is C21H21NO2. The molecule has 1 atom stereocenters. The molecule has 0 saturated carbocycles. The van der Waals surface area contributed by atoms with Crippen molar-refractivity contribution in [2.75, 3.05) is 6.61 Å². The molecule has 2 aromatic carbocycles. The van der Waals surface area contributed by atoms with E-state index in [1.54, 1.807) is 6.20 Å². The van der Waals surface area contributed by atoms with Gasteiger partial charge in [-0.15, -0.1) is 0 Å². The zero-order chi connectivity index (χ0) is 16.6. The first-order chi connectivity index (χ1) is 11.8. The molecule has 0 bridgehead atoms. The Morgan fingerprint density at radius 1 is 0.917 bits per heavy atom. The molecule has 1 unspecified atom stereocenters. The Morgan fingerprint density at radius 2 is 1.71 bits per heavy atom. The highest BCUT2D eigenvalue weighted by Crippen LogP contribution is 2.29. The Balaban J connectivity index is 1.59. The highest BCUT2D eigenvalue weighted by atomic mass is 16.5. The standard InChI is InChI=1S/C21H21NO2/c23-19(13-12-17-7-6-14-22-15-17)16-24-21-11-5-4-10-20(21)18-8-2-1-3-9-18/h1-11,14-15,19,23H,12-13,16H2. The number of nitrogens with zero attached hydrogens (tertiary/aromatic N) is 1. The Labute approximate surface area is 142 Å². The average Bonchev–Trinajstić information content (AvgIpc) is 2.66. The van der Waals surface area contributed by atoms with E-state index in [1.807, 2.05) is 60.8 Å². The number of benzene rings is 2. The molecule has 0 aliphatic carbocycles. The molecule has 3 rings (SSSR count). The predicted molar refractivity (Wildman–Crippen MR) is 95.9 cm³/mol. The number of aryl methyl sites for hydroxylation is 1. The molecule has 0 aliphatic heterocycles. The minimum Gasteiger partial charge on any atom is -0.490 e. The maximum atomic E-state index is 10.2. The van der Waals surface area contributed by atoms with Crippen LogP contribution in [0.2, 0.25) is 0 Å². The van der Waals surface area contributed by atoms with Crippen LogP contribution in [-0.4, -0.2) is 22.8 Å². The summed E-state index contributed by atoms with van der Waals surface area (Å²) in [4.78, 5) is 4.09. The van der Waals surface area contributed by atoms with Crippen molar-refractivity contribution in [2.45, 2.75) is 18.9 Å². The van der Waals surface area contributed by atoms with Gasteiger partial charge in [-0.05, 0) is 36.1 Å². The van der Waals surface area contributed by atoms with Gasteiger partial charge in [0.2, 0.25) is 0 Å². The highest BCUT2D eigenvalue weighted by molar-refractivity contribution is 5.70. The topological polar surface area (TPSA) is 42.4 Å². The van der Waals surface area contributed by atoms with Crippen LogP contribution in [0.4, 0.5) is 0 Å². The lowest BCUT2D eigenvalue weighted by Crippen LogP contribution is -2.18. The van der Waals surface area contributed by atoms with Gasteiger partial charge >= 0.3 is 0 Å². The van der Waals surface area contributed by atoms with Crippen molar-refractivity contribution < 1.29 is 9.84 Å². The van der Waals surface area contributed by atoms with E-state index >= 15 is 0 Å². The Morgan fingerprint density at radius 3 is 2.50 bits per heavy atom. The molecule has 0 amide bonds. The van der Waals surface area contributed by atoms with E-state index in [2.05, 4.69) is 17.1 Å². The molecule has 0 radical (unpaired) electrons. The van der Waals surface area contributed by atoms with Crippen molar-refractivity contribution in [1.82, 2.24) is 4.98 Å². The van der Waals surface area contributed by atoms with Gasteiger partial charge in [0, 0.05) is 18.0 Å². The summed E-state index contributed by atoms with van der Waals surface area (Å²) in [5, 5.41) is 10.2. The number of aromatic nitrogens is 1. The van der Waals surface area contributed by atoms with Gasteiger partial charge in [0.15, 0.2) is 0 Å². The Hall–Kier alpha value is -2.65. The molecule has 1 aromatic heterocycles. The average molecular weight is 319 g/mol. The minimum absolute atomic E-state index is 0.282. The molecule has 0 fully saturated rings. The monoisotopic (exact) mass is 319 g/mol. The van der Waals surface area contributed by atoms with Gasteiger partial charge in [0.25, 0.3) is 0 Å². The molecule has 1 heterocycles. The van der Waals surface area contributed by atoms with E-state index in [9.17, 15) is 5.11 Å². The van der Waals surface area contributed by atoms with Crippen molar-refractivity contribution in [2.24, 2.45) is 0 Å². The van der Waals surface area contributed by atoms with Crippen LogP contribution < -0.4 is 4.74 Å². The third-order valence-electron chi connectivity index (χ3n) is 3.89. The van der Waals surface area contributed by atoms with Gasteiger partial charge in [-0.2, -0.15) is 0 Å². The third-order valence-corrected chi connectivity index (χ3v) is 3.89. The fourth-order valence-corrected chi connectivity index (χ4v) is 2.60. The van der Waals surface area contributed by atoms with E-state index in [0.717, 1.165) is 28.9 Å². The maximum Gasteiger partial charge on any atom is 0.127 e. The molecule has 24 heavy (non-hydrogen) atoms. The normalized spacial score (nSPS) is 11.9. The van der Waals surface area contributed by atoms with E-state index in [-0.39, 0.29) is 6.61 Å². The van der Waals surface area contributed by atoms with E-state index in [1.165, 1.54) is 0 Å². The van der Waals surface area contributed by atoms with Gasteiger partial charge in [-0.1, -0.05) is 54.6 Å². The third kappa shape index (κ3) is 4.43. The predicted octanol–water partition coefficient (Wildman–Crippen LogP) is 4.12. The van der Waals surface area contributed by atoms with Crippen molar-refractivity contribution >= 4 is 0 Å². The number of aliphatic hydroxyl groups excluding tert-OH is 1. The summed E-state index contributed by atoms with van der Waals surface area (Å²) in [5.41, 5.74) is 3.27. The quantitative estimate of drug-likeness (QED) is 0.712. The summed E-state index contributed by atoms with van der Waals surface area (Å²) in [5.74, 6) is 0.795. The van der Waals surface area contributed by atoms with E-state index in [4.69, 9.17) is 4.74 Å². The number of aliphatic hydroxyl groups is 1. The zero-order valence-electron chi connectivity index (χ0n) is 13.5. The van der Waals surface area contributed by atoms with Crippen LogP contribution in [-0.2, 0) is 6.42 Å². The minimum atomic E-state index is -0.506.